The summed E-state index contributed by atoms with van der Waals surface area (Å²) in [5, 5.41) is 0. The summed E-state index contributed by atoms with van der Waals surface area (Å²) < 4.78 is 4.39. The molecular weight excluding hydrogens is 104 g/mol. The highest BCUT2D eigenvalue weighted by Crippen LogP contribution is 1.93. The van der Waals surface area contributed by atoms with Crippen molar-refractivity contribution in [2.75, 3.05) is 7.11 Å². The molecule has 0 saturated carbocycles. The number of hydrogen-bond donors (Lipinski definition) is 0. The van der Waals surface area contributed by atoms with E-state index in [1.807, 2.05) is 0 Å². The molecule has 0 aliphatic rings. The Morgan fingerprint density at radius 3 is 2.75 bits per heavy atom. The van der Waals surface area contributed by atoms with Crippen LogP contribution >= 0.6 is 0 Å². The summed E-state index contributed by atoms with van der Waals surface area (Å²) in [6.07, 6.45) is 2.13. The van der Waals surface area contributed by atoms with Crippen molar-refractivity contribution in [1.29, 1.82) is 0 Å². The minimum atomic E-state index is -0.145. The number of carbonyl (C=O) groups excluding carboxylic acids is 1. The van der Waals surface area contributed by atoms with Crippen molar-refractivity contribution < 1.29 is 9.53 Å². The first kappa shape index (κ1) is 7.47. The zero-order valence-corrected chi connectivity index (χ0v) is 5.14. The summed E-state index contributed by atoms with van der Waals surface area (Å²) in [6, 6.07) is 0. The molecule has 0 aliphatic heterocycles. The number of hydrogen-bond acceptors (Lipinski definition) is 2. The number of methoxy groups -OCH3 is 1. The van der Waals surface area contributed by atoms with Gasteiger partial charge in [0.1, 0.15) is 0 Å². The molecule has 0 atom stereocenters. The van der Waals surface area contributed by atoms with E-state index in [2.05, 4.69) is 11.7 Å². The minimum Gasteiger partial charge on any atom is -0.469 e. The van der Waals surface area contributed by atoms with Crippen LogP contribution in [0.4, 0.5) is 0 Å². The standard InChI is InChI=1S/C6H11O2/c1-3-4-5-6(7)8-2/h1,3-5H2,2H3. The first-order chi connectivity index (χ1) is 3.81. The van der Waals surface area contributed by atoms with Gasteiger partial charge in [-0.15, -0.1) is 0 Å². The van der Waals surface area contributed by atoms with Crippen molar-refractivity contribution in [2.24, 2.45) is 0 Å². The summed E-state index contributed by atoms with van der Waals surface area (Å²) in [5.41, 5.74) is 0. The van der Waals surface area contributed by atoms with E-state index in [9.17, 15) is 4.79 Å². The molecule has 2 nitrogen and oxygen atoms in total. The van der Waals surface area contributed by atoms with Crippen molar-refractivity contribution in [1.82, 2.24) is 0 Å². The molecule has 0 amide bonds. The Labute approximate surface area is 49.8 Å². The third kappa shape index (κ3) is 3.65. The maximum absolute atomic E-state index is 10.3. The van der Waals surface area contributed by atoms with E-state index in [0.29, 0.717) is 6.42 Å². The van der Waals surface area contributed by atoms with Crippen molar-refractivity contribution in [3.05, 3.63) is 6.92 Å². The van der Waals surface area contributed by atoms with Gasteiger partial charge >= 0.3 is 5.97 Å². The van der Waals surface area contributed by atoms with Crippen molar-refractivity contribution >= 4 is 5.97 Å². The summed E-state index contributed by atoms with van der Waals surface area (Å²) in [6.45, 7) is 3.58. The highest BCUT2D eigenvalue weighted by molar-refractivity contribution is 5.68. The molecule has 0 N–H and O–H groups in total. The Hall–Kier alpha value is -0.530. The first-order valence-electron chi connectivity index (χ1n) is 2.67. The molecule has 0 unspecified atom stereocenters. The topological polar surface area (TPSA) is 26.3 Å². The maximum atomic E-state index is 10.3. The molecular formula is C6H11O2. The van der Waals surface area contributed by atoms with Gasteiger partial charge in [-0.2, -0.15) is 0 Å². The Morgan fingerprint density at radius 1 is 1.75 bits per heavy atom. The van der Waals surface area contributed by atoms with Crippen LogP contribution in [-0.2, 0) is 9.53 Å². The predicted octanol–water partition coefficient (Wildman–Crippen LogP) is 1.16. The zero-order valence-electron chi connectivity index (χ0n) is 5.14. The zero-order chi connectivity index (χ0) is 6.41. The summed E-state index contributed by atoms with van der Waals surface area (Å²) in [4.78, 5) is 10.3. The Bertz CT molecular complexity index is 68.9. The number of ether oxygens (including phenoxy) is 1. The van der Waals surface area contributed by atoms with E-state index in [0.717, 1.165) is 12.8 Å². The number of carbonyl (C=O) groups is 1. The van der Waals surface area contributed by atoms with Gasteiger partial charge in [0, 0.05) is 6.42 Å². The van der Waals surface area contributed by atoms with Crippen LogP contribution in [0.25, 0.3) is 0 Å². The first-order valence-corrected chi connectivity index (χ1v) is 2.67. The van der Waals surface area contributed by atoms with Crippen LogP contribution in [0.3, 0.4) is 0 Å². The van der Waals surface area contributed by atoms with E-state index in [1.165, 1.54) is 7.11 Å². The Kier molecular flexibility index (Phi) is 4.32. The Morgan fingerprint density at radius 2 is 2.38 bits per heavy atom. The highest BCUT2D eigenvalue weighted by Gasteiger charge is 1.95. The molecule has 0 bridgehead atoms. The molecule has 0 aromatic rings. The second kappa shape index (κ2) is 4.62. The molecule has 0 saturated heterocycles. The van der Waals surface area contributed by atoms with Crippen LogP contribution in [-0.4, -0.2) is 13.1 Å². The van der Waals surface area contributed by atoms with E-state index in [4.69, 9.17) is 0 Å². The van der Waals surface area contributed by atoms with Crippen LogP contribution in [0.5, 0.6) is 0 Å². The predicted molar refractivity (Wildman–Crippen MR) is 31.2 cm³/mol. The van der Waals surface area contributed by atoms with Crippen molar-refractivity contribution in [3.63, 3.8) is 0 Å². The minimum absolute atomic E-state index is 0.145. The fraction of sp³-hybridized carbons (Fsp3) is 0.667. The molecule has 0 aromatic carbocycles. The van der Waals surface area contributed by atoms with Crippen LogP contribution in [0.15, 0.2) is 0 Å². The normalized spacial score (nSPS) is 8.75. The lowest BCUT2D eigenvalue weighted by molar-refractivity contribution is -0.140. The van der Waals surface area contributed by atoms with Gasteiger partial charge in [-0.1, -0.05) is 13.3 Å². The lowest BCUT2D eigenvalue weighted by Crippen LogP contribution is -1.98. The van der Waals surface area contributed by atoms with E-state index in [-0.39, 0.29) is 5.97 Å². The fourth-order valence-electron chi connectivity index (χ4n) is 0.371. The number of rotatable bonds is 3. The third-order valence-electron chi connectivity index (χ3n) is 0.859. The number of esters is 1. The monoisotopic (exact) mass is 115 g/mol. The molecule has 2 heteroatoms. The average molecular weight is 115 g/mol. The van der Waals surface area contributed by atoms with Gasteiger partial charge in [-0.25, -0.2) is 0 Å². The fourth-order valence-corrected chi connectivity index (χ4v) is 0.371. The summed E-state index contributed by atoms with van der Waals surface area (Å²) >= 11 is 0. The molecule has 1 radical (unpaired) electrons. The molecule has 8 heavy (non-hydrogen) atoms. The summed E-state index contributed by atoms with van der Waals surface area (Å²) in [5.74, 6) is -0.145. The Balaban J connectivity index is 2.99. The van der Waals surface area contributed by atoms with Crippen LogP contribution in [0, 0.1) is 6.92 Å². The molecule has 0 heterocycles. The maximum Gasteiger partial charge on any atom is 0.305 e. The largest absolute Gasteiger partial charge is 0.469 e. The van der Waals surface area contributed by atoms with Crippen molar-refractivity contribution in [3.8, 4) is 0 Å². The van der Waals surface area contributed by atoms with Gasteiger partial charge in [0.25, 0.3) is 0 Å². The molecule has 47 valence electrons. The lowest BCUT2D eigenvalue weighted by atomic mass is 10.3. The SMILES string of the molecule is [CH2]CCCC(=O)OC. The van der Waals surface area contributed by atoms with Gasteiger partial charge in [0.2, 0.25) is 0 Å². The quantitative estimate of drug-likeness (QED) is 0.516. The van der Waals surface area contributed by atoms with Gasteiger partial charge < -0.3 is 4.74 Å². The van der Waals surface area contributed by atoms with Crippen LogP contribution in [0.1, 0.15) is 19.3 Å². The second-order valence-electron chi connectivity index (χ2n) is 1.53. The third-order valence-corrected chi connectivity index (χ3v) is 0.859. The number of unbranched alkanes of at least 4 members (excludes halogenated alkanes) is 1. The molecule has 0 aromatic heterocycles. The molecule has 0 fully saturated rings. The molecule has 0 aliphatic carbocycles. The molecule has 0 spiro atoms. The van der Waals surface area contributed by atoms with Crippen molar-refractivity contribution in [2.45, 2.75) is 19.3 Å². The lowest BCUT2D eigenvalue weighted by Gasteiger charge is -1.93. The highest BCUT2D eigenvalue weighted by atomic mass is 16.5. The van der Waals surface area contributed by atoms with Gasteiger partial charge in [0.15, 0.2) is 0 Å². The van der Waals surface area contributed by atoms with Gasteiger partial charge in [-0.3, -0.25) is 4.79 Å². The van der Waals surface area contributed by atoms with E-state index in [1.54, 1.807) is 0 Å². The van der Waals surface area contributed by atoms with Gasteiger partial charge in [0.05, 0.1) is 7.11 Å². The van der Waals surface area contributed by atoms with Gasteiger partial charge in [-0.05, 0) is 6.42 Å². The average Bonchev–Trinajstić information content (AvgIpc) is 1.83. The molecule has 0 rings (SSSR count). The van der Waals surface area contributed by atoms with E-state index < -0.39 is 0 Å². The smallest absolute Gasteiger partial charge is 0.305 e. The second-order valence-corrected chi connectivity index (χ2v) is 1.53. The van der Waals surface area contributed by atoms with Crippen LogP contribution < -0.4 is 0 Å². The summed E-state index contributed by atoms with van der Waals surface area (Å²) in [7, 11) is 1.39. The van der Waals surface area contributed by atoms with Crippen LogP contribution in [0.2, 0.25) is 0 Å². The van der Waals surface area contributed by atoms with E-state index >= 15 is 0 Å².